The molecule has 65 heavy (non-hydrogen) atoms. The Morgan fingerprint density at radius 1 is 0.262 bits per heavy atom. The molecule has 0 saturated carbocycles. The van der Waals surface area contributed by atoms with Gasteiger partial charge in [-0.05, 0) is 77.9 Å². The number of benzene rings is 10. The summed E-state index contributed by atoms with van der Waals surface area (Å²) in [5, 5.41) is 10.9. The molecule has 4 aromatic heterocycles. The first-order valence-corrected chi connectivity index (χ1v) is 22.3. The third kappa shape index (κ3) is 5.28. The van der Waals surface area contributed by atoms with Gasteiger partial charge in [-0.25, -0.2) is 4.98 Å². The molecule has 0 radical (unpaired) electrons. The molecule has 14 aromatic rings. The predicted molar refractivity (Wildman–Crippen MR) is 273 cm³/mol. The lowest BCUT2D eigenvalue weighted by atomic mass is 9.97. The average molecular weight is 827 g/mol. The molecular weight excluding hydrogens is 789 g/mol. The zero-order chi connectivity index (χ0) is 42.6. The molecule has 0 saturated heterocycles. The van der Waals surface area contributed by atoms with Crippen LogP contribution in [0.15, 0.2) is 231 Å². The number of pyridine rings is 1. The van der Waals surface area contributed by atoms with Crippen molar-refractivity contribution in [2.24, 2.45) is 0 Å². The second kappa shape index (κ2) is 13.9. The van der Waals surface area contributed by atoms with E-state index in [1.54, 1.807) is 0 Å². The highest BCUT2D eigenvalue weighted by Gasteiger charge is 2.21. The van der Waals surface area contributed by atoms with Crippen LogP contribution in [0.4, 0.5) is 0 Å². The molecule has 0 aliphatic rings. The molecule has 0 bridgehead atoms. The first kappa shape index (κ1) is 35.8. The highest BCUT2D eigenvalue weighted by molar-refractivity contribution is 6.27. The van der Waals surface area contributed by atoms with Gasteiger partial charge in [0.1, 0.15) is 0 Å². The number of rotatable bonds is 5. The number of nitrogens with zero attached hydrogens (tertiary/aromatic N) is 4. The quantitative estimate of drug-likeness (QED) is 0.159. The van der Waals surface area contributed by atoms with E-state index >= 15 is 0 Å². The summed E-state index contributed by atoms with van der Waals surface area (Å²) in [5.41, 5.74) is 15.7. The molecule has 302 valence electrons. The largest absolute Gasteiger partial charge is 0.309 e. The first-order chi connectivity index (χ1) is 32.3. The van der Waals surface area contributed by atoms with Gasteiger partial charge < -0.3 is 13.7 Å². The summed E-state index contributed by atoms with van der Waals surface area (Å²) in [6.07, 6.45) is 0. The van der Waals surface area contributed by atoms with Gasteiger partial charge >= 0.3 is 0 Å². The van der Waals surface area contributed by atoms with E-state index in [4.69, 9.17) is 4.98 Å². The fourth-order valence-electron chi connectivity index (χ4n) is 10.8. The minimum atomic E-state index is 0.983. The Morgan fingerprint density at radius 2 is 0.692 bits per heavy atom. The number of aromatic nitrogens is 4. The van der Waals surface area contributed by atoms with Gasteiger partial charge in [0.25, 0.3) is 0 Å². The van der Waals surface area contributed by atoms with E-state index in [1.165, 1.54) is 70.8 Å². The van der Waals surface area contributed by atoms with Crippen LogP contribution < -0.4 is 0 Å². The summed E-state index contributed by atoms with van der Waals surface area (Å²) >= 11 is 0. The zero-order valence-electron chi connectivity index (χ0n) is 35.2. The minimum absolute atomic E-state index is 0.983. The summed E-state index contributed by atoms with van der Waals surface area (Å²) < 4.78 is 7.37. The lowest BCUT2D eigenvalue weighted by Gasteiger charge is -2.17. The van der Waals surface area contributed by atoms with Crippen LogP contribution in [0.25, 0.3) is 127 Å². The van der Waals surface area contributed by atoms with Crippen molar-refractivity contribution < 1.29 is 0 Å². The maximum atomic E-state index is 5.31. The Hall–Kier alpha value is -8.73. The van der Waals surface area contributed by atoms with Crippen molar-refractivity contribution in [3.05, 3.63) is 231 Å². The van der Waals surface area contributed by atoms with Crippen molar-refractivity contribution in [2.45, 2.75) is 0 Å². The van der Waals surface area contributed by atoms with Crippen LogP contribution in [0.2, 0.25) is 0 Å². The van der Waals surface area contributed by atoms with Gasteiger partial charge in [0.15, 0.2) is 0 Å². The van der Waals surface area contributed by atoms with E-state index < -0.39 is 0 Å². The molecule has 10 aromatic carbocycles. The highest BCUT2D eigenvalue weighted by Crippen LogP contribution is 2.43. The fraction of sp³-hybridized carbons (Fsp3) is 0. The van der Waals surface area contributed by atoms with Gasteiger partial charge in [-0.15, -0.1) is 0 Å². The van der Waals surface area contributed by atoms with Crippen molar-refractivity contribution >= 4 is 87.1 Å². The molecule has 0 atom stereocenters. The lowest BCUT2D eigenvalue weighted by Crippen LogP contribution is -2.00. The lowest BCUT2D eigenvalue weighted by molar-refractivity contribution is 1.13. The molecule has 0 aliphatic heterocycles. The number of hydrogen-bond acceptors (Lipinski definition) is 1. The molecular formula is C61H38N4. The topological polar surface area (TPSA) is 27.7 Å². The Labute approximate surface area is 374 Å². The second-order valence-corrected chi connectivity index (χ2v) is 17.1. The van der Waals surface area contributed by atoms with E-state index in [0.29, 0.717) is 0 Å². The van der Waals surface area contributed by atoms with Crippen LogP contribution in [0.5, 0.6) is 0 Å². The van der Waals surface area contributed by atoms with Crippen LogP contribution >= 0.6 is 0 Å². The predicted octanol–water partition coefficient (Wildman–Crippen LogP) is 16.0. The molecule has 4 heterocycles. The Balaban J connectivity index is 1.07. The van der Waals surface area contributed by atoms with Gasteiger partial charge in [0, 0.05) is 71.1 Å². The summed E-state index contributed by atoms with van der Waals surface area (Å²) in [4.78, 5) is 5.31. The number of para-hydroxylation sites is 6. The molecule has 0 spiro atoms. The monoisotopic (exact) mass is 826 g/mol. The number of hydrogen-bond donors (Lipinski definition) is 0. The third-order valence-electron chi connectivity index (χ3n) is 13.6. The van der Waals surface area contributed by atoms with Crippen molar-refractivity contribution in [3.8, 4) is 39.4 Å². The van der Waals surface area contributed by atoms with Crippen molar-refractivity contribution in [3.63, 3.8) is 0 Å². The summed E-state index contributed by atoms with van der Waals surface area (Å²) in [7, 11) is 0. The molecule has 0 aliphatic carbocycles. The zero-order valence-corrected chi connectivity index (χ0v) is 35.2. The average Bonchev–Trinajstić information content (AvgIpc) is 4.02. The van der Waals surface area contributed by atoms with Crippen LogP contribution in [0.3, 0.4) is 0 Å². The van der Waals surface area contributed by atoms with E-state index in [9.17, 15) is 0 Å². The number of fused-ring (bicyclic) bond motifs is 13. The van der Waals surface area contributed by atoms with Gasteiger partial charge in [0.2, 0.25) is 0 Å². The van der Waals surface area contributed by atoms with Crippen LogP contribution in [-0.4, -0.2) is 18.7 Å². The van der Waals surface area contributed by atoms with Gasteiger partial charge in [-0.3, -0.25) is 0 Å². The normalized spacial score (nSPS) is 12.0. The van der Waals surface area contributed by atoms with Crippen molar-refractivity contribution in [1.29, 1.82) is 0 Å². The van der Waals surface area contributed by atoms with Crippen LogP contribution in [-0.2, 0) is 0 Å². The molecule has 0 amide bonds. The smallest absolute Gasteiger partial charge is 0.0788 e. The molecule has 0 unspecified atom stereocenters. The second-order valence-electron chi connectivity index (χ2n) is 17.1. The minimum Gasteiger partial charge on any atom is -0.309 e. The van der Waals surface area contributed by atoms with Crippen molar-refractivity contribution in [1.82, 2.24) is 18.7 Å². The summed E-state index contributed by atoms with van der Waals surface area (Å²) in [6.45, 7) is 0. The maximum absolute atomic E-state index is 5.31. The molecule has 0 fully saturated rings. The van der Waals surface area contributed by atoms with Crippen LogP contribution in [0, 0.1) is 0 Å². The molecule has 4 nitrogen and oxygen atoms in total. The van der Waals surface area contributed by atoms with Gasteiger partial charge in [0.05, 0.1) is 44.3 Å². The molecule has 0 N–H and O–H groups in total. The summed E-state index contributed by atoms with van der Waals surface area (Å²) in [6, 6.07) is 84.0. The summed E-state index contributed by atoms with van der Waals surface area (Å²) in [5.74, 6) is 0. The van der Waals surface area contributed by atoms with Gasteiger partial charge in [-0.1, -0.05) is 164 Å². The Kier molecular flexibility index (Phi) is 7.65. The Bertz CT molecular complexity index is 4000. The van der Waals surface area contributed by atoms with Gasteiger partial charge in [-0.2, -0.15) is 0 Å². The first-order valence-electron chi connectivity index (χ1n) is 22.3. The molecule has 14 rings (SSSR count). The van der Waals surface area contributed by atoms with E-state index in [2.05, 4.69) is 244 Å². The standard InChI is InChI=1S/C61H38N4/c1-2-17-39(18-3-1)60-52-34-33-50-49-25-9-15-32-58(49)65(61(50)59(52)51-26-4-10-27-53(51)62-60)42-20-16-19-40(35-42)41-36-43(63-54-28-11-5-21-45(54)46-22-6-12-29-55(46)63)38-44(37-41)64-56-30-13-7-23-47(56)48-24-8-14-31-57(48)64/h1-38H. The SMILES string of the molecule is c1ccc(-c2nc3ccccc3c3c2ccc2c4ccccc4n(-c4cccc(-c5cc(-n6c7ccccc7c7ccccc76)cc(-n6c7ccccc7c7ccccc76)c5)c4)c23)cc1. The third-order valence-corrected chi connectivity index (χ3v) is 13.6. The Morgan fingerprint density at radius 3 is 1.26 bits per heavy atom. The van der Waals surface area contributed by atoms with Crippen molar-refractivity contribution in [2.75, 3.05) is 0 Å². The van der Waals surface area contributed by atoms with E-state index in [1.807, 2.05) is 0 Å². The van der Waals surface area contributed by atoms with E-state index in [0.717, 1.165) is 55.7 Å². The molecule has 4 heteroatoms. The maximum Gasteiger partial charge on any atom is 0.0788 e. The fourth-order valence-corrected chi connectivity index (χ4v) is 10.8. The highest BCUT2D eigenvalue weighted by atomic mass is 15.0. The van der Waals surface area contributed by atoms with Crippen LogP contribution in [0.1, 0.15) is 0 Å². The van der Waals surface area contributed by atoms with E-state index in [-0.39, 0.29) is 0 Å².